The molecule has 0 aliphatic carbocycles. The predicted molar refractivity (Wildman–Crippen MR) is 204 cm³/mol. The average Bonchev–Trinajstić information content (AvgIpc) is 3.75. The third-order valence-corrected chi connectivity index (χ3v) is 10.5. The fraction of sp³-hybridized carbons (Fsp3) is 0.308. The Bertz CT molecular complexity index is 2460. The van der Waals surface area contributed by atoms with E-state index in [2.05, 4.69) is 36.4 Å². The molecule has 1 aliphatic heterocycles. The maximum Gasteiger partial charge on any atom is 0.416 e. The number of carbonyl (C=O) groups excluding carboxylic acids is 2. The maximum atomic E-state index is 14.1. The lowest BCUT2D eigenvalue weighted by Gasteiger charge is -2.40. The Balaban J connectivity index is 0.000000540. The smallest absolute Gasteiger partial charge is 0.416 e. The van der Waals surface area contributed by atoms with Crippen molar-refractivity contribution in [1.29, 1.82) is 0 Å². The Morgan fingerprint density at radius 2 is 1.60 bits per heavy atom. The van der Waals surface area contributed by atoms with E-state index in [0.717, 1.165) is 34.1 Å². The number of hydrogen-bond donors (Lipinski definition) is 1. The number of amides is 2. The minimum absolute atomic E-state index is 0.0695. The highest BCUT2D eigenvalue weighted by Gasteiger charge is 2.35. The minimum atomic E-state index is -4.67. The van der Waals surface area contributed by atoms with Crippen molar-refractivity contribution in [1.82, 2.24) is 29.4 Å². The molecule has 0 spiro atoms. The van der Waals surface area contributed by atoms with Crippen LogP contribution in [0, 0.1) is 6.57 Å². The van der Waals surface area contributed by atoms with E-state index in [0.29, 0.717) is 30.5 Å². The van der Waals surface area contributed by atoms with Crippen LogP contribution in [0.5, 0.6) is 0 Å². The third-order valence-electron chi connectivity index (χ3n) is 9.64. The molecule has 1 fully saturated rings. The summed E-state index contributed by atoms with van der Waals surface area (Å²) < 4.78 is 76.3. The lowest BCUT2D eigenvalue weighted by Crippen LogP contribution is -2.55. The summed E-state index contributed by atoms with van der Waals surface area (Å²) in [5.74, 6) is -1.15. The maximum absolute atomic E-state index is 14.1. The molecule has 1 N–H and O–H groups in total. The summed E-state index contributed by atoms with van der Waals surface area (Å²) in [6, 6.07) is 18.9. The highest BCUT2D eigenvalue weighted by molar-refractivity contribution is 7.85. The van der Waals surface area contributed by atoms with Crippen molar-refractivity contribution in [3.8, 4) is 22.8 Å². The van der Waals surface area contributed by atoms with Gasteiger partial charge in [-0.2, -0.15) is 18.3 Å². The minimum Gasteiger partial charge on any atom is -0.744 e. The van der Waals surface area contributed by atoms with Crippen LogP contribution in [-0.2, 0) is 28.1 Å². The van der Waals surface area contributed by atoms with Crippen molar-refractivity contribution in [2.75, 3.05) is 34.2 Å². The Morgan fingerprint density at radius 1 is 0.965 bits per heavy atom. The van der Waals surface area contributed by atoms with Gasteiger partial charge in [0.1, 0.15) is 27.4 Å². The molecular formula is C39H41F3N8O6S. The molecule has 0 unspecified atom stereocenters. The second kappa shape index (κ2) is 16.6. The van der Waals surface area contributed by atoms with E-state index in [1.54, 1.807) is 48.2 Å². The topological polar surface area (TPSA) is 156 Å². The molecule has 14 nitrogen and oxygen atoms in total. The summed E-state index contributed by atoms with van der Waals surface area (Å²) in [5, 5.41) is 7.04. The molecule has 3 heterocycles. The molecule has 3 aromatic carbocycles. The van der Waals surface area contributed by atoms with Crippen LogP contribution >= 0.6 is 0 Å². The van der Waals surface area contributed by atoms with E-state index in [1.165, 1.54) is 59.0 Å². The molecule has 2 aromatic heterocycles. The first kappa shape index (κ1) is 42.1. The van der Waals surface area contributed by atoms with Crippen molar-refractivity contribution in [2.45, 2.75) is 42.9 Å². The summed E-state index contributed by atoms with van der Waals surface area (Å²) in [5.41, 5.74) is -1.04. The molecule has 0 bridgehead atoms. The van der Waals surface area contributed by atoms with Gasteiger partial charge in [-0.3, -0.25) is 19.1 Å². The van der Waals surface area contributed by atoms with Gasteiger partial charge in [-0.05, 0) is 55.5 Å². The number of alkyl halides is 3. The summed E-state index contributed by atoms with van der Waals surface area (Å²) >= 11 is 0. The number of carbonyl (C=O) groups is 2. The van der Waals surface area contributed by atoms with Crippen molar-refractivity contribution in [2.24, 2.45) is 7.05 Å². The summed E-state index contributed by atoms with van der Waals surface area (Å²) in [6.45, 7) is 9.84. The lowest BCUT2D eigenvalue weighted by atomic mass is 10.0. The Kier molecular flexibility index (Phi) is 12.3. The highest BCUT2D eigenvalue weighted by atomic mass is 32.2. The van der Waals surface area contributed by atoms with Crippen LogP contribution < -0.4 is 10.9 Å². The molecule has 57 heavy (non-hydrogen) atoms. The molecule has 2 amide bonds. The van der Waals surface area contributed by atoms with E-state index in [4.69, 9.17) is 6.57 Å². The van der Waals surface area contributed by atoms with Gasteiger partial charge in [-0.25, -0.2) is 22.6 Å². The first-order chi connectivity index (χ1) is 26.7. The van der Waals surface area contributed by atoms with Gasteiger partial charge in [-0.1, -0.05) is 36.4 Å². The van der Waals surface area contributed by atoms with Gasteiger partial charge in [-0.15, -0.1) is 0 Å². The van der Waals surface area contributed by atoms with Crippen LogP contribution in [0.1, 0.15) is 35.7 Å². The van der Waals surface area contributed by atoms with Gasteiger partial charge in [0.05, 0.1) is 67.5 Å². The highest BCUT2D eigenvalue weighted by Crippen LogP contribution is 2.32. The van der Waals surface area contributed by atoms with E-state index in [1.807, 2.05) is 0 Å². The Hall–Kier alpha value is -6.03. The molecule has 1 atom stereocenters. The molecule has 18 heteroatoms. The fourth-order valence-corrected chi connectivity index (χ4v) is 7.11. The zero-order valence-electron chi connectivity index (χ0n) is 31.8. The Morgan fingerprint density at radius 3 is 2.14 bits per heavy atom. The van der Waals surface area contributed by atoms with Crippen LogP contribution in [0.3, 0.4) is 0 Å². The second-order valence-electron chi connectivity index (χ2n) is 14.3. The number of rotatable bonds is 8. The zero-order chi connectivity index (χ0) is 41.9. The number of hydrogen-bond acceptors (Lipinski definition) is 7. The van der Waals surface area contributed by atoms with Gasteiger partial charge < -0.3 is 19.3 Å². The van der Waals surface area contributed by atoms with E-state index < -0.39 is 39.4 Å². The van der Waals surface area contributed by atoms with Gasteiger partial charge in [0.2, 0.25) is 5.91 Å². The molecule has 0 saturated carbocycles. The first-order valence-electron chi connectivity index (χ1n) is 17.7. The van der Waals surface area contributed by atoms with Crippen molar-refractivity contribution < 1.29 is 40.2 Å². The van der Waals surface area contributed by atoms with Crippen molar-refractivity contribution in [3.05, 3.63) is 124 Å². The zero-order valence-corrected chi connectivity index (χ0v) is 32.6. The summed E-state index contributed by atoms with van der Waals surface area (Å²) in [4.78, 5) is 46.3. The van der Waals surface area contributed by atoms with Crippen LogP contribution in [0.25, 0.3) is 27.6 Å². The number of likely N-dealkylation sites (tertiary alicyclic amines) is 1. The molecule has 1 saturated heterocycles. The number of quaternary nitrogens is 1. The number of aromatic nitrogens is 4. The van der Waals surface area contributed by atoms with Crippen molar-refractivity contribution in [3.63, 3.8) is 0 Å². The van der Waals surface area contributed by atoms with Crippen LogP contribution in [-0.4, -0.2) is 99.6 Å². The lowest BCUT2D eigenvalue weighted by molar-refractivity contribution is -0.897. The monoisotopic (exact) mass is 806 g/mol. The normalized spacial score (nSPS) is 14.3. The fourth-order valence-electron chi connectivity index (χ4n) is 6.62. The van der Waals surface area contributed by atoms with Crippen LogP contribution in [0.4, 0.5) is 18.9 Å². The molecule has 6 rings (SSSR count). The molecule has 1 aliphatic rings. The van der Waals surface area contributed by atoms with Crippen LogP contribution in [0.2, 0.25) is 0 Å². The molecule has 0 radical (unpaired) electrons. The predicted octanol–water partition coefficient (Wildman–Crippen LogP) is 5.00. The number of nitrogens with one attached hydrogen (secondary N) is 1. The number of benzene rings is 3. The second-order valence-corrected chi connectivity index (χ2v) is 15.7. The van der Waals surface area contributed by atoms with Gasteiger partial charge in [0, 0.05) is 33.0 Å². The van der Waals surface area contributed by atoms with Gasteiger partial charge in [0.15, 0.2) is 5.69 Å². The van der Waals surface area contributed by atoms with Crippen LogP contribution in [0.15, 0.2) is 101 Å². The van der Waals surface area contributed by atoms with E-state index >= 15 is 0 Å². The molecule has 300 valence electrons. The summed E-state index contributed by atoms with van der Waals surface area (Å²) in [6.07, 6.45) is -1.60. The number of halogens is 3. The van der Waals surface area contributed by atoms with Gasteiger partial charge in [0.25, 0.3) is 11.5 Å². The van der Waals surface area contributed by atoms with E-state index in [-0.39, 0.29) is 33.4 Å². The SMILES string of the molecule is O=S(=O)([O-])c1ccccc1.[C-]#[N+]c1ccc(-n2nccc2-c2c(C(=O)N[C@@H](C)C(=O)N3CCC([N+](C)(C)C)CC3)c(=O)n(-c3cccc(C(F)(F)F)c3)n2C)cc1. The quantitative estimate of drug-likeness (QED) is 0.131. The summed E-state index contributed by atoms with van der Waals surface area (Å²) in [7, 11) is 3.55. The van der Waals surface area contributed by atoms with Crippen molar-refractivity contribution >= 4 is 27.6 Å². The average molecular weight is 807 g/mol. The van der Waals surface area contributed by atoms with Gasteiger partial charge >= 0.3 is 6.18 Å². The first-order valence-corrected chi connectivity index (χ1v) is 19.1. The molecular weight excluding hydrogens is 766 g/mol. The standard InChI is InChI=1S/C33H35F3N8O3.C6H6O3S/c1-21(31(46)41-18-15-26(16-19-41)44(4,5)6)39-30(45)28-29(27-14-17-38-42(27)24-12-10-23(37-2)11-13-24)40(3)43(32(28)47)25-9-7-8-22(20-25)33(34,35)36;7-10(8,9)6-4-2-1-3-5-6/h7-14,17,20-21,26H,15-16,18-19H2,1,3-6H3;1-5H,(H,7,8,9)/t21-;/m0./s1. The largest absolute Gasteiger partial charge is 0.744 e. The van der Waals surface area contributed by atoms with E-state index in [9.17, 15) is 40.5 Å². The number of piperidine rings is 1. The molecule has 5 aromatic rings. The third kappa shape index (κ3) is 9.51. The Labute approximate surface area is 327 Å². The number of nitrogens with zero attached hydrogens (tertiary/aromatic N) is 7.